The van der Waals surface area contributed by atoms with Crippen LogP contribution in [0.4, 0.5) is 0 Å². The number of aromatic nitrogens is 2. The first-order valence-corrected chi connectivity index (χ1v) is 11.9. The van der Waals surface area contributed by atoms with Crippen LogP contribution in [0.2, 0.25) is 0 Å². The van der Waals surface area contributed by atoms with Crippen molar-refractivity contribution < 1.29 is 13.2 Å². The number of imidazole rings is 1. The van der Waals surface area contributed by atoms with Gasteiger partial charge in [-0.3, -0.25) is 13.9 Å². The molecule has 0 spiro atoms. The fraction of sp³-hybridized carbons (Fsp3) is 0.364. The molecule has 1 aliphatic heterocycles. The van der Waals surface area contributed by atoms with Gasteiger partial charge in [-0.25, -0.2) is 13.2 Å². The van der Waals surface area contributed by atoms with Crippen LogP contribution < -0.4 is 5.69 Å². The maximum Gasteiger partial charge on any atom is 0.329 e. The van der Waals surface area contributed by atoms with Gasteiger partial charge in [0.05, 0.1) is 15.9 Å². The van der Waals surface area contributed by atoms with Crippen LogP contribution in [-0.2, 0) is 27.9 Å². The lowest BCUT2D eigenvalue weighted by atomic mass is 10.3. The average Bonchev–Trinajstić information content (AvgIpc) is 3.06. The highest BCUT2D eigenvalue weighted by molar-refractivity contribution is 7.89. The minimum Gasteiger partial charge on any atom is -0.338 e. The number of rotatable bonds is 6. The Balaban J connectivity index is 1.48. The summed E-state index contributed by atoms with van der Waals surface area (Å²) in [6, 6.07) is 15.8. The second kappa shape index (κ2) is 8.68. The van der Waals surface area contributed by atoms with Gasteiger partial charge >= 0.3 is 5.69 Å². The Kier molecular flexibility index (Phi) is 5.97. The molecule has 1 fully saturated rings. The first-order valence-electron chi connectivity index (χ1n) is 10.4. The highest BCUT2D eigenvalue weighted by Gasteiger charge is 2.30. The van der Waals surface area contributed by atoms with Crippen molar-refractivity contribution in [2.75, 3.05) is 26.2 Å². The number of hydrogen-bond donors (Lipinski definition) is 0. The van der Waals surface area contributed by atoms with Crippen LogP contribution in [0.1, 0.15) is 13.3 Å². The summed E-state index contributed by atoms with van der Waals surface area (Å²) in [6.07, 6.45) is 0.819. The summed E-state index contributed by atoms with van der Waals surface area (Å²) in [5, 5.41) is 0. The molecule has 9 heteroatoms. The van der Waals surface area contributed by atoms with E-state index in [0.717, 1.165) is 17.5 Å². The average molecular weight is 443 g/mol. The molecule has 4 rings (SSSR count). The zero-order valence-electron chi connectivity index (χ0n) is 17.5. The minimum atomic E-state index is -3.57. The highest BCUT2D eigenvalue weighted by Crippen LogP contribution is 2.18. The Morgan fingerprint density at radius 3 is 2.06 bits per heavy atom. The third kappa shape index (κ3) is 4.03. The Bertz CT molecular complexity index is 1240. The second-order valence-electron chi connectivity index (χ2n) is 7.61. The van der Waals surface area contributed by atoms with Crippen molar-refractivity contribution in [2.24, 2.45) is 0 Å². The van der Waals surface area contributed by atoms with Crippen molar-refractivity contribution in [2.45, 2.75) is 31.3 Å². The molecular weight excluding hydrogens is 416 g/mol. The SMILES string of the molecule is CCCn1c(=O)n(CC(=O)N2CCN(S(=O)(=O)c3ccccc3)CC2)c2ccccc21. The van der Waals surface area contributed by atoms with Gasteiger partial charge in [0, 0.05) is 32.7 Å². The van der Waals surface area contributed by atoms with Crippen LogP contribution in [0, 0.1) is 0 Å². The number of carbonyl (C=O) groups is 1. The molecule has 2 heterocycles. The second-order valence-corrected chi connectivity index (χ2v) is 9.54. The van der Waals surface area contributed by atoms with E-state index in [-0.39, 0.29) is 36.1 Å². The van der Waals surface area contributed by atoms with Crippen LogP contribution >= 0.6 is 0 Å². The molecule has 2 aromatic carbocycles. The number of sulfonamides is 1. The fourth-order valence-electron chi connectivity index (χ4n) is 4.02. The van der Waals surface area contributed by atoms with E-state index in [1.165, 1.54) is 8.87 Å². The Morgan fingerprint density at radius 1 is 0.871 bits per heavy atom. The van der Waals surface area contributed by atoms with Gasteiger partial charge in [0.15, 0.2) is 0 Å². The van der Waals surface area contributed by atoms with Crippen molar-refractivity contribution in [3.8, 4) is 0 Å². The van der Waals surface area contributed by atoms with Gasteiger partial charge in [0.25, 0.3) is 0 Å². The molecule has 0 N–H and O–H groups in total. The number of nitrogens with zero attached hydrogens (tertiary/aromatic N) is 4. The zero-order chi connectivity index (χ0) is 22.0. The van der Waals surface area contributed by atoms with E-state index in [4.69, 9.17) is 0 Å². The van der Waals surface area contributed by atoms with Crippen molar-refractivity contribution in [3.05, 3.63) is 65.1 Å². The Hall–Kier alpha value is -2.91. The molecule has 0 atom stereocenters. The van der Waals surface area contributed by atoms with E-state index in [0.29, 0.717) is 19.6 Å². The molecule has 1 saturated heterocycles. The van der Waals surface area contributed by atoms with Gasteiger partial charge in [0.1, 0.15) is 6.54 Å². The predicted octanol–water partition coefficient (Wildman–Crippen LogP) is 1.75. The van der Waals surface area contributed by atoms with Gasteiger partial charge in [-0.15, -0.1) is 0 Å². The molecule has 164 valence electrons. The fourth-order valence-corrected chi connectivity index (χ4v) is 5.46. The lowest BCUT2D eigenvalue weighted by Crippen LogP contribution is -2.51. The van der Waals surface area contributed by atoms with E-state index in [2.05, 4.69) is 0 Å². The molecule has 1 aliphatic rings. The normalized spacial score (nSPS) is 15.5. The van der Waals surface area contributed by atoms with E-state index >= 15 is 0 Å². The summed E-state index contributed by atoms with van der Waals surface area (Å²) in [6.45, 7) is 3.61. The van der Waals surface area contributed by atoms with E-state index < -0.39 is 10.0 Å². The summed E-state index contributed by atoms with van der Waals surface area (Å²) in [5.74, 6) is -0.182. The van der Waals surface area contributed by atoms with Gasteiger partial charge in [0.2, 0.25) is 15.9 Å². The summed E-state index contributed by atoms with van der Waals surface area (Å²) >= 11 is 0. The molecule has 0 bridgehead atoms. The lowest BCUT2D eigenvalue weighted by Gasteiger charge is -2.34. The quantitative estimate of drug-likeness (QED) is 0.582. The van der Waals surface area contributed by atoms with Crippen LogP contribution in [0.15, 0.2) is 64.3 Å². The van der Waals surface area contributed by atoms with Crippen LogP contribution in [0.5, 0.6) is 0 Å². The maximum atomic E-state index is 12.9. The first kappa shape index (κ1) is 21.3. The molecule has 1 amide bonds. The molecule has 0 radical (unpaired) electrons. The molecular formula is C22H26N4O4S. The van der Waals surface area contributed by atoms with Crippen molar-refractivity contribution >= 4 is 27.0 Å². The molecule has 1 aromatic heterocycles. The molecule has 0 aliphatic carbocycles. The van der Waals surface area contributed by atoms with Crippen LogP contribution in [0.25, 0.3) is 11.0 Å². The number of aryl methyl sites for hydroxylation is 1. The van der Waals surface area contributed by atoms with Crippen LogP contribution in [0.3, 0.4) is 0 Å². The number of hydrogen-bond acceptors (Lipinski definition) is 4. The summed E-state index contributed by atoms with van der Waals surface area (Å²) in [5.41, 5.74) is 1.36. The topological polar surface area (TPSA) is 84.6 Å². The Morgan fingerprint density at radius 2 is 1.45 bits per heavy atom. The molecule has 8 nitrogen and oxygen atoms in total. The standard InChI is InChI=1S/C22H26N4O4S/c1-2-12-25-19-10-6-7-11-20(19)26(22(25)28)17-21(27)23-13-15-24(16-14-23)31(29,30)18-8-4-3-5-9-18/h3-11H,2,12-17H2,1H3. The van der Waals surface area contributed by atoms with Gasteiger partial charge in [-0.2, -0.15) is 4.31 Å². The van der Waals surface area contributed by atoms with Crippen molar-refractivity contribution in [1.29, 1.82) is 0 Å². The molecule has 0 saturated carbocycles. The molecule has 31 heavy (non-hydrogen) atoms. The van der Waals surface area contributed by atoms with Gasteiger partial charge < -0.3 is 4.90 Å². The zero-order valence-corrected chi connectivity index (χ0v) is 18.3. The van der Waals surface area contributed by atoms with E-state index in [9.17, 15) is 18.0 Å². The van der Waals surface area contributed by atoms with Crippen LogP contribution in [-0.4, -0.2) is 58.8 Å². The largest absolute Gasteiger partial charge is 0.338 e. The molecule has 0 unspecified atom stereocenters. The number of fused-ring (bicyclic) bond motifs is 1. The first-order chi connectivity index (χ1) is 14.9. The Labute approximate surface area is 181 Å². The highest BCUT2D eigenvalue weighted by atomic mass is 32.2. The third-order valence-corrected chi connectivity index (χ3v) is 7.55. The maximum absolute atomic E-state index is 12.9. The lowest BCUT2D eigenvalue weighted by molar-refractivity contribution is -0.133. The monoisotopic (exact) mass is 442 g/mol. The molecule has 3 aromatic rings. The minimum absolute atomic E-state index is 0.0541. The number of carbonyl (C=O) groups excluding carboxylic acids is 1. The summed E-state index contributed by atoms with van der Waals surface area (Å²) in [7, 11) is -3.57. The third-order valence-electron chi connectivity index (χ3n) is 5.64. The van der Waals surface area contributed by atoms with Gasteiger partial charge in [-0.05, 0) is 30.7 Å². The predicted molar refractivity (Wildman–Crippen MR) is 118 cm³/mol. The number of amides is 1. The van der Waals surface area contributed by atoms with Crippen molar-refractivity contribution in [1.82, 2.24) is 18.3 Å². The summed E-state index contributed by atoms with van der Waals surface area (Å²) in [4.78, 5) is 27.7. The smallest absolute Gasteiger partial charge is 0.329 e. The van der Waals surface area contributed by atoms with E-state index in [1.807, 2.05) is 31.2 Å². The van der Waals surface area contributed by atoms with Gasteiger partial charge in [-0.1, -0.05) is 37.3 Å². The number of piperazine rings is 1. The van der Waals surface area contributed by atoms with E-state index in [1.54, 1.807) is 39.8 Å². The number of para-hydroxylation sites is 2. The summed E-state index contributed by atoms with van der Waals surface area (Å²) < 4.78 is 30.2. The number of benzene rings is 2. The van der Waals surface area contributed by atoms with Crippen molar-refractivity contribution in [3.63, 3.8) is 0 Å².